The second-order valence-corrected chi connectivity index (χ2v) is 7.33. The molecule has 7 heteroatoms. The lowest BCUT2D eigenvalue weighted by molar-refractivity contribution is 0.102. The molecule has 0 saturated heterocycles. The third kappa shape index (κ3) is 4.17. The van der Waals surface area contributed by atoms with Crippen molar-refractivity contribution in [3.8, 4) is 5.82 Å². The number of anilines is 3. The molecule has 2 aromatic heterocycles. The normalized spacial score (nSPS) is 10.8. The van der Waals surface area contributed by atoms with E-state index in [4.69, 9.17) is 0 Å². The maximum absolute atomic E-state index is 12.7. The van der Waals surface area contributed by atoms with Gasteiger partial charge in [0.1, 0.15) is 11.6 Å². The standard InChI is InChI=1S/C25H20N6O/c1-17-27-23(16-24(28-17)31-14-4-13-26-31)29-21-9-11-22(12-10-21)30-25(32)20-8-7-18-5-2-3-6-19(18)15-20/h2-16H,1H3,(H,30,32)(H,27,28,29). The summed E-state index contributed by atoms with van der Waals surface area (Å²) in [7, 11) is 0. The number of hydrogen-bond acceptors (Lipinski definition) is 5. The van der Waals surface area contributed by atoms with Gasteiger partial charge in [0, 0.05) is 35.4 Å². The summed E-state index contributed by atoms with van der Waals surface area (Å²) in [6.45, 7) is 1.84. The molecule has 3 aromatic carbocycles. The predicted molar refractivity (Wildman–Crippen MR) is 126 cm³/mol. The zero-order valence-corrected chi connectivity index (χ0v) is 17.4. The van der Waals surface area contributed by atoms with Gasteiger partial charge in [0.05, 0.1) is 0 Å². The van der Waals surface area contributed by atoms with Gasteiger partial charge < -0.3 is 10.6 Å². The molecule has 0 unspecified atom stereocenters. The summed E-state index contributed by atoms with van der Waals surface area (Å²) in [5, 5.41) is 12.6. The van der Waals surface area contributed by atoms with Crippen molar-refractivity contribution in [3.05, 3.63) is 103 Å². The second-order valence-electron chi connectivity index (χ2n) is 7.33. The number of nitrogens with zero attached hydrogens (tertiary/aromatic N) is 4. The maximum Gasteiger partial charge on any atom is 0.255 e. The van der Waals surface area contributed by atoms with Crippen molar-refractivity contribution in [2.75, 3.05) is 10.6 Å². The van der Waals surface area contributed by atoms with Gasteiger partial charge in [-0.15, -0.1) is 0 Å². The van der Waals surface area contributed by atoms with Gasteiger partial charge in [-0.1, -0.05) is 30.3 Å². The van der Waals surface area contributed by atoms with E-state index in [2.05, 4.69) is 25.7 Å². The molecule has 2 N–H and O–H groups in total. The lowest BCUT2D eigenvalue weighted by Gasteiger charge is -2.10. The van der Waals surface area contributed by atoms with Crippen LogP contribution in [0.25, 0.3) is 16.6 Å². The minimum Gasteiger partial charge on any atom is -0.340 e. The highest BCUT2D eigenvalue weighted by atomic mass is 16.1. The molecule has 0 fully saturated rings. The Morgan fingerprint density at radius 1 is 0.844 bits per heavy atom. The molecule has 0 aliphatic carbocycles. The molecule has 0 saturated carbocycles. The number of hydrogen-bond donors (Lipinski definition) is 2. The first kappa shape index (κ1) is 19.4. The molecule has 7 nitrogen and oxygen atoms in total. The molecule has 2 heterocycles. The van der Waals surface area contributed by atoms with E-state index in [0.717, 1.165) is 16.5 Å². The molecule has 0 spiro atoms. The van der Waals surface area contributed by atoms with Crippen LogP contribution in [-0.4, -0.2) is 25.7 Å². The highest BCUT2D eigenvalue weighted by molar-refractivity contribution is 6.06. The zero-order chi connectivity index (χ0) is 21.9. The molecule has 0 bridgehead atoms. The number of fused-ring (bicyclic) bond motifs is 1. The SMILES string of the molecule is Cc1nc(Nc2ccc(NC(=O)c3ccc4ccccc4c3)cc2)cc(-n2cccn2)n1. The molecule has 0 aliphatic rings. The molecule has 0 atom stereocenters. The van der Waals surface area contributed by atoms with E-state index in [9.17, 15) is 4.79 Å². The van der Waals surface area contributed by atoms with E-state index in [1.807, 2.05) is 92.0 Å². The van der Waals surface area contributed by atoms with Crippen molar-refractivity contribution in [1.29, 1.82) is 0 Å². The highest BCUT2D eigenvalue weighted by Crippen LogP contribution is 2.21. The summed E-state index contributed by atoms with van der Waals surface area (Å²) in [4.78, 5) is 21.5. The van der Waals surface area contributed by atoms with Crippen molar-refractivity contribution >= 4 is 33.9 Å². The first-order valence-electron chi connectivity index (χ1n) is 10.2. The van der Waals surface area contributed by atoms with Crippen molar-refractivity contribution < 1.29 is 4.79 Å². The number of nitrogens with one attached hydrogen (secondary N) is 2. The van der Waals surface area contributed by atoms with Crippen molar-refractivity contribution in [3.63, 3.8) is 0 Å². The van der Waals surface area contributed by atoms with Crippen LogP contribution in [0.3, 0.4) is 0 Å². The van der Waals surface area contributed by atoms with Gasteiger partial charge in [-0.25, -0.2) is 14.6 Å². The summed E-state index contributed by atoms with van der Waals surface area (Å²) < 4.78 is 1.69. The van der Waals surface area contributed by atoms with Crippen molar-refractivity contribution in [2.45, 2.75) is 6.92 Å². The Hall–Kier alpha value is -4.52. The van der Waals surface area contributed by atoms with Gasteiger partial charge in [-0.2, -0.15) is 5.10 Å². The summed E-state index contributed by atoms with van der Waals surface area (Å²) in [5.74, 6) is 1.84. The molecule has 5 rings (SSSR count). The fourth-order valence-electron chi connectivity index (χ4n) is 3.46. The minimum absolute atomic E-state index is 0.147. The van der Waals surface area contributed by atoms with Gasteiger partial charge in [0.25, 0.3) is 5.91 Å². The quantitative estimate of drug-likeness (QED) is 0.412. The highest BCUT2D eigenvalue weighted by Gasteiger charge is 2.08. The van der Waals surface area contributed by atoms with E-state index < -0.39 is 0 Å². The van der Waals surface area contributed by atoms with Crippen LogP contribution in [-0.2, 0) is 0 Å². The van der Waals surface area contributed by atoms with Gasteiger partial charge >= 0.3 is 0 Å². The lowest BCUT2D eigenvalue weighted by Crippen LogP contribution is -2.11. The molecule has 5 aromatic rings. The first-order chi connectivity index (χ1) is 15.6. The summed E-state index contributed by atoms with van der Waals surface area (Å²) in [6, 6.07) is 24.8. The number of amides is 1. The first-order valence-corrected chi connectivity index (χ1v) is 10.2. The zero-order valence-electron chi connectivity index (χ0n) is 17.4. The third-order valence-corrected chi connectivity index (χ3v) is 4.99. The summed E-state index contributed by atoms with van der Waals surface area (Å²) in [5.41, 5.74) is 2.18. The second kappa shape index (κ2) is 8.31. The molecular formula is C25H20N6O. The van der Waals surface area contributed by atoms with E-state index in [1.54, 1.807) is 10.9 Å². The number of benzene rings is 3. The average Bonchev–Trinajstić information content (AvgIpc) is 3.35. The largest absolute Gasteiger partial charge is 0.340 e. The molecular weight excluding hydrogens is 400 g/mol. The van der Waals surface area contributed by atoms with Crippen LogP contribution in [0.1, 0.15) is 16.2 Å². The van der Waals surface area contributed by atoms with E-state index in [0.29, 0.717) is 28.7 Å². The Kier molecular flexibility index (Phi) is 5.05. The van der Waals surface area contributed by atoms with Gasteiger partial charge in [-0.05, 0) is 60.2 Å². The Balaban J connectivity index is 1.29. The van der Waals surface area contributed by atoms with E-state index in [1.165, 1.54) is 0 Å². The molecule has 0 aliphatic heterocycles. The van der Waals surface area contributed by atoms with Crippen LogP contribution in [0, 0.1) is 6.92 Å². The van der Waals surface area contributed by atoms with E-state index in [-0.39, 0.29) is 5.91 Å². The topological polar surface area (TPSA) is 84.7 Å². The number of carbonyl (C=O) groups is 1. The molecule has 1 amide bonds. The van der Waals surface area contributed by atoms with Crippen LogP contribution in [0.15, 0.2) is 91.3 Å². The Morgan fingerprint density at radius 3 is 2.41 bits per heavy atom. The van der Waals surface area contributed by atoms with Crippen LogP contribution in [0.5, 0.6) is 0 Å². The van der Waals surface area contributed by atoms with Crippen molar-refractivity contribution in [2.24, 2.45) is 0 Å². The summed E-state index contributed by atoms with van der Waals surface area (Å²) in [6.07, 6.45) is 3.54. The predicted octanol–water partition coefficient (Wildman–Crippen LogP) is 5.12. The number of aromatic nitrogens is 4. The minimum atomic E-state index is -0.147. The smallest absolute Gasteiger partial charge is 0.255 e. The number of carbonyl (C=O) groups excluding carboxylic acids is 1. The Morgan fingerprint density at radius 2 is 1.62 bits per heavy atom. The third-order valence-electron chi connectivity index (χ3n) is 4.99. The molecule has 0 radical (unpaired) electrons. The fraction of sp³-hybridized carbons (Fsp3) is 0.0400. The Bertz CT molecular complexity index is 1390. The van der Waals surface area contributed by atoms with Gasteiger partial charge in [0.15, 0.2) is 5.82 Å². The fourth-order valence-corrected chi connectivity index (χ4v) is 3.46. The van der Waals surface area contributed by atoms with Gasteiger partial charge in [0.2, 0.25) is 0 Å². The van der Waals surface area contributed by atoms with Crippen LogP contribution in [0.2, 0.25) is 0 Å². The van der Waals surface area contributed by atoms with Crippen LogP contribution in [0.4, 0.5) is 17.2 Å². The van der Waals surface area contributed by atoms with Crippen LogP contribution < -0.4 is 10.6 Å². The molecule has 156 valence electrons. The molecule has 32 heavy (non-hydrogen) atoms. The van der Waals surface area contributed by atoms with Gasteiger partial charge in [-0.3, -0.25) is 4.79 Å². The van der Waals surface area contributed by atoms with Crippen molar-refractivity contribution in [1.82, 2.24) is 19.7 Å². The number of rotatable bonds is 5. The number of aryl methyl sites for hydroxylation is 1. The maximum atomic E-state index is 12.7. The van der Waals surface area contributed by atoms with E-state index >= 15 is 0 Å². The lowest BCUT2D eigenvalue weighted by atomic mass is 10.1. The Labute approximate surface area is 184 Å². The van der Waals surface area contributed by atoms with Crippen LogP contribution >= 0.6 is 0 Å². The average molecular weight is 420 g/mol. The monoisotopic (exact) mass is 420 g/mol. The summed E-state index contributed by atoms with van der Waals surface area (Å²) >= 11 is 0.